The van der Waals surface area contributed by atoms with Crippen molar-refractivity contribution in [3.8, 4) is 0 Å². The Morgan fingerprint density at radius 1 is 0.889 bits per heavy atom. The van der Waals surface area contributed by atoms with Crippen molar-refractivity contribution in [1.29, 1.82) is 0 Å². The summed E-state index contributed by atoms with van der Waals surface area (Å²) in [5.74, 6) is 2.05. The molecule has 0 aromatic rings. The second kappa shape index (κ2) is 8.16. The Morgan fingerprint density at radius 2 is 1.56 bits per heavy atom. The molecule has 1 N–H and O–H groups in total. The van der Waals surface area contributed by atoms with E-state index in [0.717, 1.165) is 11.8 Å². The molecule has 1 saturated carbocycles. The summed E-state index contributed by atoms with van der Waals surface area (Å²) in [5, 5.41) is 3.28. The summed E-state index contributed by atoms with van der Waals surface area (Å²) in [6.07, 6.45) is 13.2. The van der Waals surface area contributed by atoms with Gasteiger partial charge >= 0.3 is 0 Å². The van der Waals surface area contributed by atoms with E-state index in [1.54, 1.807) is 0 Å². The fraction of sp³-hybridized carbons (Fsp3) is 1.00. The zero-order chi connectivity index (χ0) is 12.6. The van der Waals surface area contributed by atoms with Gasteiger partial charge in [-0.15, -0.1) is 0 Å². The van der Waals surface area contributed by atoms with E-state index in [0.29, 0.717) is 0 Å². The Balaban J connectivity index is 1.55. The van der Waals surface area contributed by atoms with E-state index < -0.39 is 0 Å². The Kier molecular flexibility index (Phi) is 6.50. The molecular weight excluding hydrogens is 220 g/mol. The number of hydrogen-bond acceptors (Lipinski definition) is 2. The Labute approximate surface area is 114 Å². The number of nitrogens with one attached hydrogen (secondary N) is 1. The summed E-state index contributed by atoms with van der Waals surface area (Å²) in [4.78, 5) is 2.73. The van der Waals surface area contributed by atoms with Gasteiger partial charge in [0.2, 0.25) is 0 Å². The van der Waals surface area contributed by atoms with Crippen LogP contribution in [0.3, 0.4) is 0 Å². The van der Waals surface area contributed by atoms with Gasteiger partial charge in [0.25, 0.3) is 0 Å². The third kappa shape index (κ3) is 4.89. The van der Waals surface area contributed by atoms with Crippen LogP contribution < -0.4 is 5.32 Å². The van der Waals surface area contributed by atoms with Crippen LogP contribution in [0.4, 0.5) is 0 Å². The molecule has 2 nitrogen and oxygen atoms in total. The molecule has 0 aromatic carbocycles. The molecule has 106 valence electrons. The highest BCUT2D eigenvalue weighted by Gasteiger charge is 2.20. The average molecular weight is 252 g/mol. The lowest BCUT2D eigenvalue weighted by Gasteiger charge is -2.33. The van der Waals surface area contributed by atoms with Crippen LogP contribution in [0.25, 0.3) is 0 Å². The summed E-state index contributed by atoms with van der Waals surface area (Å²) in [6.45, 7) is 5.30. The van der Waals surface area contributed by atoms with Crippen LogP contribution in [0.2, 0.25) is 0 Å². The molecule has 0 unspecified atom stereocenters. The van der Waals surface area contributed by atoms with Crippen molar-refractivity contribution >= 4 is 0 Å². The van der Waals surface area contributed by atoms with Gasteiger partial charge < -0.3 is 10.2 Å². The first-order valence-corrected chi connectivity index (χ1v) is 8.25. The van der Waals surface area contributed by atoms with E-state index in [2.05, 4.69) is 17.3 Å². The predicted octanol–water partition coefficient (Wildman–Crippen LogP) is 3.28. The normalized spacial score (nSPS) is 24.5. The van der Waals surface area contributed by atoms with E-state index >= 15 is 0 Å². The van der Waals surface area contributed by atoms with Crippen LogP contribution in [-0.4, -0.2) is 38.1 Å². The van der Waals surface area contributed by atoms with Gasteiger partial charge in [-0.3, -0.25) is 0 Å². The van der Waals surface area contributed by atoms with Gasteiger partial charge in [-0.2, -0.15) is 0 Å². The van der Waals surface area contributed by atoms with Crippen LogP contribution in [0.1, 0.15) is 57.8 Å². The molecule has 1 aliphatic carbocycles. The van der Waals surface area contributed by atoms with Gasteiger partial charge in [0.1, 0.15) is 0 Å². The molecule has 2 fully saturated rings. The lowest BCUT2D eigenvalue weighted by Crippen LogP contribution is -2.35. The average Bonchev–Trinajstić information content (AvgIpc) is 2.45. The van der Waals surface area contributed by atoms with Gasteiger partial charge in [0.15, 0.2) is 0 Å². The van der Waals surface area contributed by atoms with Crippen molar-refractivity contribution in [1.82, 2.24) is 10.2 Å². The van der Waals surface area contributed by atoms with E-state index in [1.807, 2.05) is 0 Å². The van der Waals surface area contributed by atoms with Crippen molar-refractivity contribution in [2.45, 2.75) is 57.8 Å². The van der Waals surface area contributed by atoms with Crippen LogP contribution >= 0.6 is 0 Å². The van der Waals surface area contributed by atoms with E-state index in [9.17, 15) is 0 Å². The number of likely N-dealkylation sites (tertiary alicyclic amines) is 1. The monoisotopic (exact) mass is 252 g/mol. The highest BCUT2D eigenvalue weighted by Crippen LogP contribution is 2.27. The van der Waals surface area contributed by atoms with Gasteiger partial charge in [0, 0.05) is 0 Å². The molecule has 2 rings (SSSR count). The zero-order valence-corrected chi connectivity index (χ0v) is 12.3. The minimum absolute atomic E-state index is 0.989. The summed E-state index contributed by atoms with van der Waals surface area (Å²) >= 11 is 0. The molecule has 1 saturated heterocycles. The Morgan fingerprint density at radius 3 is 2.22 bits per heavy atom. The molecule has 18 heavy (non-hydrogen) atoms. The molecule has 0 amide bonds. The maximum absolute atomic E-state index is 3.28. The molecule has 0 bridgehead atoms. The first kappa shape index (κ1) is 14.3. The minimum Gasteiger partial charge on any atom is -0.320 e. The SMILES string of the molecule is CNCCC1CCN(CCC2CCCCC2)CC1. The largest absolute Gasteiger partial charge is 0.320 e. The Hall–Kier alpha value is -0.0800. The molecule has 2 heteroatoms. The summed E-state index contributed by atoms with van der Waals surface area (Å²) < 4.78 is 0. The maximum atomic E-state index is 3.28. The van der Waals surface area contributed by atoms with Crippen LogP contribution in [0, 0.1) is 11.8 Å². The predicted molar refractivity (Wildman–Crippen MR) is 78.9 cm³/mol. The van der Waals surface area contributed by atoms with Crippen molar-refractivity contribution in [3.05, 3.63) is 0 Å². The second-order valence-corrected chi connectivity index (χ2v) is 6.47. The van der Waals surface area contributed by atoms with Crippen LogP contribution in [0.5, 0.6) is 0 Å². The smallest absolute Gasteiger partial charge is 0.00161 e. The highest BCUT2D eigenvalue weighted by atomic mass is 15.1. The minimum atomic E-state index is 0.989. The van der Waals surface area contributed by atoms with E-state index in [1.165, 1.54) is 84.0 Å². The van der Waals surface area contributed by atoms with Crippen molar-refractivity contribution in [3.63, 3.8) is 0 Å². The Bertz CT molecular complexity index is 203. The third-order valence-electron chi connectivity index (χ3n) is 5.09. The summed E-state index contributed by atoms with van der Waals surface area (Å²) in [5.41, 5.74) is 0. The molecule has 0 radical (unpaired) electrons. The molecule has 2 aliphatic rings. The molecule has 1 aliphatic heterocycles. The van der Waals surface area contributed by atoms with E-state index in [4.69, 9.17) is 0 Å². The highest BCUT2D eigenvalue weighted by molar-refractivity contribution is 4.74. The van der Waals surface area contributed by atoms with Crippen molar-refractivity contribution in [2.24, 2.45) is 11.8 Å². The van der Waals surface area contributed by atoms with Crippen LogP contribution in [-0.2, 0) is 0 Å². The maximum Gasteiger partial charge on any atom is -0.00161 e. The second-order valence-electron chi connectivity index (χ2n) is 6.47. The topological polar surface area (TPSA) is 15.3 Å². The molecular formula is C16H32N2. The standard InChI is InChI=1S/C16H32N2/c1-17-11-7-16-9-13-18(14-10-16)12-8-15-5-3-2-4-6-15/h15-17H,2-14H2,1H3. The van der Waals surface area contributed by atoms with Gasteiger partial charge in [-0.05, 0) is 70.7 Å². The van der Waals surface area contributed by atoms with Gasteiger partial charge in [-0.1, -0.05) is 32.1 Å². The first-order chi connectivity index (χ1) is 8.88. The molecule has 0 atom stereocenters. The fourth-order valence-electron chi connectivity index (χ4n) is 3.69. The number of nitrogens with zero attached hydrogens (tertiary/aromatic N) is 1. The zero-order valence-electron chi connectivity index (χ0n) is 12.3. The van der Waals surface area contributed by atoms with E-state index in [-0.39, 0.29) is 0 Å². The van der Waals surface area contributed by atoms with Crippen LogP contribution in [0.15, 0.2) is 0 Å². The van der Waals surface area contributed by atoms with Gasteiger partial charge in [-0.25, -0.2) is 0 Å². The molecule has 0 aromatic heterocycles. The van der Waals surface area contributed by atoms with Crippen molar-refractivity contribution < 1.29 is 0 Å². The number of hydrogen-bond donors (Lipinski definition) is 1. The summed E-state index contributed by atoms with van der Waals surface area (Å²) in [7, 11) is 2.07. The number of piperidine rings is 1. The molecule has 1 heterocycles. The lowest BCUT2D eigenvalue weighted by molar-refractivity contribution is 0.163. The quantitative estimate of drug-likeness (QED) is 0.780. The fourth-order valence-corrected chi connectivity index (χ4v) is 3.69. The van der Waals surface area contributed by atoms with Crippen molar-refractivity contribution in [2.75, 3.05) is 33.2 Å². The first-order valence-electron chi connectivity index (χ1n) is 8.25. The number of rotatable bonds is 6. The lowest BCUT2D eigenvalue weighted by atomic mass is 9.86. The van der Waals surface area contributed by atoms with Gasteiger partial charge in [0.05, 0.1) is 0 Å². The third-order valence-corrected chi connectivity index (χ3v) is 5.09. The summed E-state index contributed by atoms with van der Waals surface area (Å²) in [6, 6.07) is 0. The molecule has 0 spiro atoms.